The molecule has 0 spiro atoms. The largest absolute Gasteiger partial charge is 0.309 e. The summed E-state index contributed by atoms with van der Waals surface area (Å²) in [6.45, 7) is 0. The molecular weight excluding hydrogens is 757 g/mol. The zero-order valence-corrected chi connectivity index (χ0v) is 33.6. The highest BCUT2D eigenvalue weighted by atomic mass is 32.1. The van der Waals surface area contributed by atoms with Gasteiger partial charge >= 0.3 is 0 Å². The molecule has 0 saturated carbocycles. The van der Waals surface area contributed by atoms with Crippen molar-refractivity contribution in [2.24, 2.45) is 0 Å². The van der Waals surface area contributed by atoms with Gasteiger partial charge in [0, 0.05) is 58.5 Å². The van der Waals surface area contributed by atoms with Crippen LogP contribution < -0.4 is 0 Å². The van der Waals surface area contributed by atoms with Gasteiger partial charge in [0.25, 0.3) is 0 Å². The molecule has 13 aromatic rings. The van der Waals surface area contributed by atoms with Gasteiger partial charge in [-0.25, -0.2) is 0 Å². The van der Waals surface area contributed by atoms with Crippen molar-refractivity contribution in [2.45, 2.75) is 10.8 Å². The Hall–Kier alpha value is -7.46. The van der Waals surface area contributed by atoms with Crippen LogP contribution in [0.4, 0.5) is 0 Å². The molecule has 0 amide bonds. The van der Waals surface area contributed by atoms with Gasteiger partial charge in [0.15, 0.2) is 0 Å². The third-order valence-electron chi connectivity index (χ3n) is 15.1. The van der Waals surface area contributed by atoms with Gasteiger partial charge < -0.3 is 9.13 Å². The lowest BCUT2D eigenvalue weighted by Crippen LogP contribution is -2.47. The Labute approximate surface area is 353 Å². The van der Waals surface area contributed by atoms with Gasteiger partial charge in [-0.3, -0.25) is 0 Å². The van der Waals surface area contributed by atoms with Crippen LogP contribution in [-0.2, 0) is 10.8 Å². The molecule has 2 nitrogen and oxygen atoms in total. The van der Waals surface area contributed by atoms with Gasteiger partial charge in [0.2, 0.25) is 0 Å². The molecule has 0 saturated heterocycles. The number of thiophene rings is 1. The second-order valence-corrected chi connectivity index (χ2v) is 18.5. The van der Waals surface area contributed by atoms with Crippen molar-refractivity contribution >= 4 is 96.7 Å². The molecule has 280 valence electrons. The van der Waals surface area contributed by atoms with Crippen molar-refractivity contribution in [2.75, 3.05) is 0 Å². The standard InChI is InChI=1S/C58H32N2S/c1-3-15-33(16-4-1)59-47-28-10-8-20-36(47)51-37-21-11-23-40-52(37)45(32-48(51)59)58-43-26-14-30-50-55(43)54-42(25-13-29-49(54)61-50)57(40,58)41-24-12-22-38-53(41)44(58)31-39-35-19-7-9-27-46(35)60(56(38)39)34-17-5-2-6-18-34/h1-32H. The topological polar surface area (TPSA) is 9.86 Å². The summed E-state index contributed by atoms with van der Waals surface area (Å²) in [5.74, 6) is 0. The molecule has 3 aliphatic rings. The number of nitrogens with zero attached hydrogens (tertiary/aromatic N) is 2. The predicted octanol–water partition coefficient (Wildman–Crippen LogP) is 14.9. The van der Waals surface area contributed by atoms with Crippen LogP contribution >= 0.6 is 11.3 Å². The molecule has 0 aliphatic heterocycles. The predicted molar refractivity (Wildman–Crippen MR) is 256 cm³/mol. The fraction of sp³-hybridized carbons (Fsp3) is 0.0345. The van der Waals surface area contributed by atoms with Gasteiger partial charge in [-0.05, 0) is 110 Å². The van der Waals surface area contributed by atoms with Gasteiger partial charge in [0.05, 0.1) is 32.9 Å². The summed E-state index contributed by atoms with van der Waals surface area (Å²) in [6, 6.07) is 74.3. The van der Waals surface area contributed by atoms with E-state index in [-0.39, 0.29) is 0 Å². The van der Waals surface area contributed by atoms with E-state index < -0.39 is 10.8 Å². The molecule has 0 N–H and O–H groups in total. The fourth-order valence-electron chi connectivity index (χ4n) is 13.4. The summed E-state index contributed by atoms with van der Waals surface area (Å²) >= 11 is 1.95. The van der Waals surface area contributed by atoms with E-state index in [2.05, 4.69) is 203 Å². The van der Waals surface area contributed by atoms with E-state index in [0.29, 0.717) is 0 Å². The van der Waals surface area contributed by atoms with Crippen molar-refractivity contribution < 1.29 is 0 Å². The second-order valence-electron chi connectivity index (χ2n) is 17.4. The maximum absolute atomic E-state index is 2.65. The number of hydrogen-bond donors (Lipinski definition) is 0. The number of fused-ring (bicyclic) bond motifs is 8. The third kappa shape index (κ3) is 3.24. The summed E-state index contributed by atoms with van der Waals surface area (Å²) in [4.78, 5) is 0. The van der Waals surface area contributed by atoms with Gasteiger partial charge in [-0.2, -0.15) is 0 Å². The van der Waals surface area contributed by atoms with Crippen LogP contribution in [0.15, 0.2) is 194 Å². The minimum absolute atomic E-state index is 0.517. The quantitative estimate of drug-likeness (QED) is 0.165. The monoisotopic (exact) mass is 788 g/mol. The van der Waals surface area contributed by atoms with E-state index in [4.69, 9.17) is 0 Å². The van der Waals surface area contributed by atoms with Gasteiger partial charge in [-0.15, -0.1) is 11.3 Å². The molecule has 2 atom stereocenters. The minimum Gasteiger partial charge on any atom is -0.309 e. The van der Waals surface area contributed by atoms with Gasteiger partial charge in [0.1, 0.15) is 0 Å². The molecule has 61 heavy (non-hydrogen) atoms. The smallest absolute Gasteiger partial charge is 0.0649 e. The lowest BCUT2D eigenvalue weighted by molar-refractivity contribution is 0.469. The summed E-state index contributed by atoms with van der Waals surface area (Å²) in [5.41, 5.74) is 14.8. The molecule has 0 radical (unpaired) electrons. The number of benzene rings is 10. The lowest BCUT2D eigenvalue weighted by Gasteiger charge is -2.48. The molecule has 10 aromatic carbocycles. The maximum atomic E-state index is 2.65. The van der Waals surface area contributed by atoms with Gasteiger partial charge in [-0.1, -0.05) is 133 Å². The van der Waals surface area contributed by atoms with Crippen LogP contribution in [-0.4, -0.2) is 9.13 Å². The Bertz CT molecular complexity index is 4170. The molecule has 3 aliphatic carbocycles. The van der Waals surface area contributed by atoms with Crippen molar-refractivity contribution in [3.8, 4) is 11.4 Å². The normalized spacial score (nSPS) is 18.3. The Balaban J connectivity index is 1.20. The average molecular weight is 789 g/mol. The molecule has 3 aromatic heterocycles. The number of para-hydroxylation sites is 4. The molecule has 3 heterocycles. The Morgan fingerprint density at radius 2 is 0.770 bits per heavy atom. The zero-order valence-electron chi connectivity index (χ0n) is 32.8. The van der Waals surface area contributed by atoms with Crippen LogP contribution in [0.2, 0.25) is 0 Å². The summed E-state index contributed by atoms with van der Waals surface area (Å²) in [7, 11) is 0. The fourth-order valence-corrected chi connectivity index (χ4v) is 14.5. The lowest BCUT2D eigenvalue weighted by atomic mass is 9.51. The van der Waals surface area contributed by atoms with Crippen molar-refractivity contribution in [3.05, 3.63) is 228 Å². The van der Waals surface area contributed by atoms with Crippen molar-refractivity contribution in [3.63, 3.8) is 0 Å². The molecule has 0 bridgehead atoms. The van der Waals surface area contributed by atoms with Crippen molar-refractivity contribution in [1.29, 1.82) is 0 Å². The SMILES string of the molecule is c1ccc(-n2c3ccccc3c3c4cccc5c4c(cc32)C23c4cc6c7ccccc7n(-c7ccccc7)c6c6cccc(c46)C52c2cccc4sc5cccc3c5c24)cc1. The average Bonchev–Trinajstić information content (AvgIpc) is 4.09. The highest BCUT2D eigenvalue weighted by Crippen LogP contribution is 2.75. The molecular formula is C58H32N2S. The number of rotatable bonds is 2. The van der Waals surface area contributed by atoms with E-state index in [1.54, 1.807) is 0 Å². The summed E-state index contributed by atoms with van der Waals surface area (Å²) in [6.07, 6.45) is 0. The Kier molecular flexibility index (Phi) is 5.39. The molecule has 3 heteroatoms. The number of hydrogen-bond acceptors (Lipinski definition) is 1. The first-order chi connectivity index (χ1) is 30.3. The molecule has 16 rings (SSSR count). The number of aromatic nitrogens is 2. The third-order valence-corrected chi connectivity index (χ3v) is 16.2. The highest BCUT2D eigenvalue weighted by Gasteiger charge is 2.69. The zero-order chi connectivity index (χ0) is 39.3. The summed E-state index contributed by atoms with van der Waals surface area (Å²) < 4.78 is 7.78. The highest BCUT2D eigenvalue weighted by molar-refractivity contribution is 7.26. The summed E-state index contributed by atoms with van der Waals surface area (Å²) in [5, 5.41) is 13.5. The van der Waals surface area contributed by atoms with E-state index in [1.165, 1.54) is 130 Å². The Morgan fingerprint density at radius 3 is 1.44 bits per heavy atom. The molecule has 2 unspecified atom stereocenters. The molecule has 0 fully saturated rings. The van der Waals surface area contributed by atoms with E-state index in [9.17, 15) is 0 Å². The first kappa shape index (κ1) is 31.5. The van der Waals surface area contributed by atoms with Crippen LogP contribution in [0.5, 0.6) is 0 Å². The minimum atomic E-state index is -0.560. The van der Waals surface area contributed by atoms with Crippen LogP contribution in [0, 0.1) is 0 Å². The van der Waals surface area contributed by atoms with E-state index in [1.807, 2.05) is 11.3 Å². The second kappa shape index (κ2) is 10.5. The van der Waals surface area contributed by atoms with Crippen LogP contribution in [0.3, 0.4) is 0 Å². The van der Waals surface area contributed by atoms with Crippen LogP contribution in [0.1, 0.15) is 33.4 Å². The van der Waals surface area contributed by atoms with Crippen molar-refractivity contribution in [1.82, 2.24) is 9.13 Å². The Morgan fingerprint density at radius 1 is 0.295 bits per heavy atom. The van der Waals surface area contributed by atoms with Crippen LogP contribution in [0.25, 0.3) is 96.7 Å². The van der Waals surface area contributed by atoms with E-state index in [0.717, 1.165) is 0 Å². The maximum Gasteiger partial charge on any atom is 0.0649 e. The first-order valence-electron chi connectivity index (χ1n) is 21.4. The first-order valence-corrected chi connectivity index (χ1v) is 22.2. The van der Waals surface area contributed by atoms with E-state index >= 15 is 0 Å².